The first-order valence-electron chi connectivity index (χ1n) is 11.6. The standard InChI is InChI=1S/C25H29FN6O3/c1-18-2-4-19(5-3-18)25-28-23(35-29-25)16-30-12-14-31(15-13-30)17-24(34)32(11-10-22(27)33)21-8-6-20(26)7-9-21/h2-9H,10-17H2,1H3,(H2,27,33). The molecule has 4 rings (SSSR count). The number of primary amides is 1. The Morgan fingerprint density at radius 3 is 2.34 bits per heavy atom. The lowest BCUT2D eigenvalue weighted by molar-refractivity contribution is -0.120. The fraction of sp³-hybridized carbons (Fsp3) is 0.360. The summed E-state index contributed by atoms with van der Waals surface area (Å²) >= 11 is 0. The largest absolute Gasteiger partial charge is 0.370 e. The van der Waals surface area contributed by atoms with E-state index < -0.39 is 5.91 Å². The second-order valence-corrected chi connectivity index (χ2v) is 8.67. The maximum Gasteiger partial charge on any atom is 0.241 e. The molecule has 0 bridgehead atoms. The maximum atomic E-state index is 13.3. The molecule has 9 nitrogen and oxygen atoms in total. The van der Waals surface area contributed by atoms with Crippen LogP contribution < -0.4 is 10.6 Å². The second-order valence-electron chi connectivity index (χ2n) is 8.67. The number of halogens is 1. The van der Waals surface area contributed by atoms with E-state index in [2.05, 4.69) is 19.9 Å². The SMILES string of the molecule is Cc1ccc(-c2noc(CN3CCN(CC(=O)N(CCC(N)=O)c4ccc(F)cc4)CC3)n2)cc1. The minimum Gasteiger partial charge on any atom is -0.370 e. The number of aryl methyl sites for hydroxylation is 1. The molecule has 2 N–H and O–H groups in total. The number of nitrogens with two attached hydrogens (primary N) is 1. The number of anilines is 1. The van der Waals surface area contributed by atoms with Gasteiger partial charge in [0, 0.05) is 50.4 Å². The van der Waals surface area contributed by atoms with Gasteiger partial charge in [0.2, 0.25) is 23.5 Å². The molecule has 184 valence electrons. The van der Waals surface area contributed by atoms with Gasteiger partial charge < -0.3 is 15.2 Å². The van der Waals surface area contributed by atoms with Crippen LogP contribution in [-0.2, 0) is 16.1 Å². The number of nitrogens with zero attached hydrogens (tertiary/aromatic N) is 5. The van der Waals surface area contributed by atoms with Crippen LogP contribution in [-0.4, -0.2) is 71.0 Å². The van der Waals surface area contributed by atoms with E-state index in [1.807, 2.05) is 31.2 Å². The highest BCUT2D eigenvalue weighted by Gasteiger charge is 2.24. The molecule has 35 heavy (non-hydrogen) atoms. The third kappa shape index (κ3) is 6.71. The zero-order valence-corrected chi connectivity index (χ0v) is 19.7. The van der Waals surface area contributed by atoms with Crippen LogP contribution in [0.3, 0.4) is 0 Å². The van der Waals surface area contributed by atoms with Crippen LogP contribution in [0, 0.1) is 12.7 Å². The van der Waals surface area contributed by atoms with Crippen molar-refractivity contribution < 1.29 is 18.5 Å². The number of aromatic nitrogens is 2. The summed E-state index contributed by atoms with van der Waals surface area (Å²) in [6.45, 7) is 5.79. The zero-order valence-electron chi connectivity index (χ0n) is 19.7. The monoisotopic (exact) mass is 480 g/mol. The highest BCUT2D eigenvalue weighted by atomic mass is 19.1. The summed E-state index contributed by atoms with van der Waals surface area (Å²) in [5.41, 5.74) is 7.90. The average molecular weight is 481 g/mol. The summed E-state index contributed by atoms with van der Waals surface area (Å²) in [6.07, 6.45) is 0.0334. The van der Waals surface area contributed by atoms with E-state index in [4.69, 9.17) is 10.3 Å². The molecule has 1 aromatic heterocycles. The smallest absolute Gasteiger partial charge is 0.241 e. The van der Waals surface area contributed by atoms with Gasteiger partial charge in [0.15, 0.2) is 0 Å². The van der Waals surface area contributed by atoms with Crippen LogP contribution in [0.4, 0.5) is 10.1 Å². The molecule has 2 heterocycles. The summed E-state index contributed by atoms with van der Waals surface area (Å²) in [7, 11) is 0. The number of benzene rings is 2. The van der Waals surface area contributed by atoms with E-state index in [9.17, 15) is 14.0 Å². The first-order chi connectivity index (χ1) is 16.9. The van der Waals surface area contributed by atoms with Crippen LogP contribution in [0.25, 0.3) is 11.4 Å². The number of amides is 2. The average Bonchev–Trinajstić information content (AvgIpc) is 3.30. The lowest BCUT2D eigenvalue weighted by Gasteiger charge is -2.34. The molecule has 0 aliphatic carbocycles. The van der Waals surface area contributed by atoms with Crippen molar-refractivity contribution in [2.45, 2.75) is 19.9 Å². The lowest BCUT2D eigenvalue weighted by Crippen LogP contribution is -2.50. The molecule has 0 saturated carbocycles. The number of hydrogen-bond acceptors (Lipinski definition) is 7. The minimum atomic E-state index is -0.495. The van der Waals surface area contributed by atoms with Crippen LogP contribution in [0.5, 0.6) is 0 Å². The van der Waals surface area contributed by atoms with Crippen molar-refractivity contribution in [2.24, 2.45) is 5.73 Å². The van der Waals surface area contributed by atoms with Crippen molar-refractivity contribution in [1.29, 1.82) is 0 Å². The molecule has 3 aromatic rings. The first kappa shape index (κ1) is 24.5. The number of carbonyl (C=O) groups is 2. The summed E-state index contributed by atoms with van der Waals surface area (Å²) in [4.78, 5) is 34.6. The zero-order chi connectivity index (χ0) is 24.8. The molecule has 10 heteroatoms. The molecule has 0 spiro atoms. The van der Waals surface area contributed by atoms with E-state index in [0.717, 1.165) is 18.7 Å². The van der Waals surface area contributed by atoms with Gasteiger partial charge in [-0.1, -0.05) is 35.0 Å². The van der Waals surface area contributed by atoms with Crippen molar-refractivity contribution in [3.8, 4) is 11.4 Å². The van der Waals surface area contributed by atoms with Gasteiger partial charge in [-0.15, -0.1) is 0 Å². The van der Waals surface area contributed by atoms with Crippen molar-refractivity contribution >= 4 is 17.5 Å². The molecule has 1 aliphatic rings. The summed E-state index contributed by atoms with van der Waals surface area (Å²) in [6, 6.07) is 13.6. The molecule has 1 fully saturated rings. The van der Waals surface area contributed by atoms with Gasteiger partial charge in [0.05, 0.1) is 13.1 Å². The van der Waals surface area contributed by atoms with E-state index in [1.165, 1.54) is 34.7 Å². The molecular weight excluding hydrogens is 451 g/mol. The molecule has 0 atom stereocenters. The van der Waals surface area contributed by atoms with Crippen molar-refractivity contribution in [3.63, 3.8) is 0 Å². The van der Waals surface area contributed by atoms with Gasteiger partial charge >= 0.3 is 0 Å². The molecule has 2 aromatic carbocycles. The quantitative estimate of drug-likeness (QED) is 0.500. The van der Waals surface area contributed by atoms with E-state index in [0.29, 0.717) is 37.0 Å². The van der Waals surface area contributed by atoms with Gasteiger partial charge in [-0.3, -0.25) is 19.4 Å². The molecular formula is C25H29FN6O3. The number of piperazine rings is 1. The fourth-order valence-electron chi connectivity index (χ4n) is 3.95. The van der Waals surface area contributed by atoms with Gasteiger partial charge in [-0.05, 0) is 31.2 Å². The van der Waals surface area contributed by atoms with E-state index in [-0.39, 0.29) is 31.2 Å². The predicted octanol–water partition coefficient (Wildman–Crippen LogP) is 2.21. The Morgan fingerprint density at radius 1 is 1.03 bits per heavy atom. The van der Waals surface area contributed by atoms with Gasteiger partial charge in [-0.25, -0.2) is 4.39 Å². The van der Waals surface area contributed by atoms with Crippen LogP contribution in [0.2, 0.25) is 0 Å². The van der Waals surface area contributed by atoms with E-state index >= 15 is 0 Å². The number of carbonyl (C=O) groups excluding carboxylic acids is 2. The highest BCUT2D eigenvalue weighted by Crippen LogP contribution is 2.18. The minimum absolute atomic E-state index is 0.0334. The van der Waals surface area contributed by atoms with Crippen molar-refractivity contribution in [3.05, 3.63) is 65.8 Å². The van der Waals surface area contributed by atoms with Crippen molar-refractivity contribution in [1.82, 2.24) is 19.9 Å². The first-order valence-corrected chi connectivity index (χ1v) is 11.6. The Morgan fingerprint density at radius 2 is 1.69 bits per heavy atom. The normalized spacial score (nSPS) is 14.7. The van der Waals surface area contributed by atoms with E-state index in [1.54, 1.807) is 0 Å². The van der Waals surface area contributed by atoms with Gasteiger partial charge in [-0.2, -0.15) is 4.98 Å². The fourth-order valence-corrected chi connectivity index (χ4v) is 3.95. The third-order valence-electron chi connectivity index (χ3n) is 5.98. The Labute approximate surface area is 203 Å². The summed E-state index contributed by atoms with van der Waals surface area (Å²) in [5.74, 6) is 0.0792. The maximum absolute atomic E-state index is 13.3. The third-order valence-corrected chi connectivity index (χ3v) is 5.98. The molecule has 0 radical (unpaired) electrons. The molecule has 2 amide bonds. The molecule has 1 aliphatic heterocycles. The second kappa shape index (κ2) is 11.2. The number of hydrogen-bond donors (Lipinski definition) is 1. The van der Waals surface area contributed by atoms with Gasteiger partial charge in [0.25, 0.3) is 0 Å². The summed E-state index contributed by atoms with van der Waals surface area (Å²) < 4.78 is 18.8. The molecule has 1 saturated heterocycles. The van der Waals surface area contributed by atoms with Crippen LogP contribution in [0.15, 0.2) is 53.1 Å². The Bertz CT molecular complexity index is 1140. The van der Waals surface area contributed by atoms with Crippen molar-refractivity contribution in [2.75, 3.05) is 44.2 Å². The highest BCUT2D eigenvalue weighted by molar-refractivity contribution is 5.95. The molecule has 0 unspecified atom stereocenters. The van der Waals surface area contributed by atoms with Crippen LogP contribution in [0.1, 0.15) is 17.9 Å². The Balaban J connectivity index is 1.30. The van der Waals surface area contributed by atoms with Crippen LogP contribution >= 0.6 is 0 Å². The number of rotatable bonds is 9. The summed E-state index contributed by atoms with van der Waals surface area (Å²) in [5, 5.41) is 4.09. The topological polar surface area (TPSA) is 109 Å². The van der Waals surface area contributed by atoms with Gasteiger partial charge in [0.1, 0.15) is 5.82 Å². The Kier molecular flexibility index (Phi) is 7.84. The predicted molar refractivity (Wildman–Crippen MR) is 129 cm³/mol. The lowest BCUT2D eigenvalue weighted by atomic mass is 10.1. The Hall–Kier alpha value is -3.63.